The van der Waals surface area contributed by atoms with Crippen molar-refractivity contribution < 1.29 is 4.79 Å². The van der Waals surface area contributed by atoms with Crippen LogP contribution >= 0.6 is 11.8 Å². The van der Waals surface area contributed by atoms with Crippen LogP contribution in [0.1, 0.15) is 46.5 Å². The van der Waals surface area contributed by atoms with Crippen molar-refractivity contribution in [1.82, 2.24) is 5.32 Å². The summed E-state index contributed by atoms with van der Waals surface area (Å²) in [6.45, 7) is 6.78. The SMILES string of the molecule is CC(C)(C)C1CCCC/C1=N\N=C1/NC(=O)CS1. The lowest BCUT2D eigenvalue weighted by atomic mass is 9.71. The van der Waals surface area contributed by atoms with Gasteiger partial charge in [-0.1, -0.05) is 39.0 Å². The van der Waals surface area contributed by atoms with Crippen molar-refractivity contribution >= 4 is 28.5 Å². The largest absolute Gasteiger partial charge is 0.303 e. The Morgan fingerprint density at radius 2 is 2.06 bits per heavy atom. The first kappa shape index (κ1) is 13.6. The Hall–Kier alpha value is -0.840. The van der Waals surface area contributed by atoms with Crippen molar-refractivity contribution in [3.63, 3.8) is 0 Å². The second-order valence-electron chi connectivity index (χ2n) is 6.00. The van der Waals surface area contributed by atoms with E-state index >= 15 is 0 Å². The molecule has 1 aliphatic carbocycles. The van der Waals surface area contributed by atoms with Gasteiger partial charge in [0.05, 0.1) is 5.75 Å². The minimum absolute atomic E-state index is 0.0231. The lowest BCUT2D eigenvalue weighted by Gasteiger charge is -2.34. The molecule has 1 unspecified atom stereocenters. The molecular formula is C13H21N3OS. The second kappa shape index (κ2) is 5.43. The first-order valence-electron chi connectivity index (χ1n) is 6.54. The second-order valence-corrected chi connectivity index (χ2v) is 6.96. The van der Waals surface area contributed by atoms with Gasteiger partial charge in [0.2, 0.25) is 5.91 Å². The maximum Gasteiger partial charge on any atom is 0.236 e. The Balaban J connectivity index is 2.11. The summed E-state index contributed by atoms with van der Waals surface area (Å²) >= 11 is 1.43. The van der Waals surface area contributed by atoms with Gasteiger partial charge in [0.1, 0.15) is 0 Å². The summed E-state index contributed by atoms with van der Waals surface area (Å²) in [4.78, 5) is 11.1. The number of rotatable bonds is 1. The van der Waals surface area contributed by atoms with E-state index in [9.17, 15) is 4.79 Å². The van der Waals surface area contributed by atoms with E-state index in [0.29, 0.717) is 16.8 Å². The first-order valence-corrected chi connectivity index (χ1v) is 7.52. The first-order chi connectivity index (χ1) is 8.47. The van der Waals surface area contributed by atoms with Crippen molar-refractivity contribution in [3.05, 3.63) is 0 Å². The zero-order valence-corrected chi connectivity index (χ0v) is 12.1. The summed E-state index contributed by atoms with van der Waals surface area (Å²) in [5, 5.41) is 12.0. The number of amides is 1. The van der Waals surface area contributed by atoms with Crippen molar-refractivity contribution in [2.45, 2.75) is 46.5 Å². The van der Waals surface area contributed by atoms with Gasteiger partial charge < -0.3 is 5.32 Å². The minimum Gasteiger partial charge on any atom is -0.303 e. The van der Waals surface area contributed by atoms with Crippen LogP contribution in [-0.4, -0.2) is 22.5 Å². The van der Waals surface area contributed by atoms with Crippen LogP contribution in [0, 0.1) is 11.3 Å². The van der Waals surface area contributed by atoms with Gasteiger partial charge in [-0.25, -0.2) is 0 Å². The Labute approximate surface area is 113 Å². The average molecular weight is 267 g/mol. The average Bonchev–Trinajstić information content (AvgIpc) is 2.72. The molecule has 2 rings (SSSR count). The topological polar surface area (TPSA) is 53.8 Å². The fraction of sp³-hybridized carbons (Fsp3) is 0.769. The quantitative estimate of drug-likeness (QED) is 0.743. The molecule has 100 valence electrons. The van der Waals surface area contributed by atoms with Gasteiger partial charge >= 0.3 is 0 Å². The van der Waals surface area contributed by atoms with Gasteiger partial charge in [0.15, 0.2) is 5.17 Å². The Kier molecular flexibility index (Phi) is 4.10. The number of carbonyl (C=O) groups excluding carboxylic acids is 1. The molecule has 1 atom stereocenters. The predicted octanol–water partition coefficient (Wildman–Crippen LogP) is 2.80. The molecule has 1 saturated heterocycles. The third-order valence-corrected chi connectivity index (χ3v) is 4.34. The van der Waals surface area contributed by atoms with Crippen LogP contribution < -0.4 is 5.32 Å². The van der Waals surface area contributed by atoms with Crippen molar-refractivity contribution in [2.24, 2.45) is 21.5 Å². The normalized spacial score (nSPS) is 29.9. The summed E-state index contributed by atoms with van der Waals surface area (Å²) in [5.74, 6) is 1.000. The molecule has 2 fully saturated rings. The summed E-state index contributed by atoms with van der Waals surface area (Å²) in [7, 11) is 0. The van der Waals surface area contributed by atoms with Crippen LogP contribution in [0.4, 0.5) is 0 Å². The van der Waals surface area contributed by atoms with Crippen LogP contribution in [0.5, 0.6) is 0 Å². The molecular weight excluding hydrogens is 246 g/mol. The number of thioether (sulfide) groups is 1. The van der Waals surface area contributed by atoms with E-state index in [-0.39, 0.29) is 11.3 Å². The van der Waals surface area contributed by atoms with Crippen LogP contribution in [0.25, 0.3) is 0 Å². The molecule has 4 nitrogen and oxygen atoms in total. The van der Waals surface area contributed by atoms with E-state index in [0.717, 1.165) is 6.42 Å². The van der Waals surface area contributed by atoms with Gasteiger partial charge in [-0.05, 0) is 24.7 Å². The molecule has 1 saturated carbocycles. The van der Waals surface area contributed by atoms with Crippen LogP contribution in [0.2, 0.25) is 0 Å². The number of hydrogen-bond acceptors (Lipinski definition) is 4. The van der Waals surface area contributed by atoms with Crippen LogP contribution in [0.3, 0.4) is 0 Å². The molecule has 0 radical (unpaired) electrons. The van der Waals surface area contributed by atoms with E-state index in [4.69, 9.17) is 0 Å². The molecule has 0 aromatic rings. The Morgan fingerprint density at radius 3 is 2.67 bits per heavy atom. The summed E-state index contributed by atoms with van der Waals surface area (Å²) in [6, 6.07) is 0. The molecule has 18 heavy (non-hydrogen) atoms. The molecule has 0 aromatic carbocycles. The van der Waals surface area contributed by atoms with E-state index in [1.807, 2.05) is 0 Å². The van der Waals surface area contributed by atoms with Crippen LogP contribution in [0.15, 0.2) is 10.2 Å². The van der Waals surface area contributed by atoms with Gasteiger partial charge in [-0.15, -0.1) is 5.10 Å². The summed E-state index contributed by atoms with van der Waals surface area (Å²) < 4.78 is 0. The molecule has 0 aromatic heterocycles. The molecule has 1 aliphatic heterocycles. The van der Waals surface area contributed by atoms with E-state index < -0.39 is 0 Å². The highest BCUT2D eigenvalue weighted by Crippen LogP contribution is 2.36. The maximum atomic E-state index is 11.1. The van der Waals surface area contributed by atoms with Crippen molar-refractivity contribution in [3.8, 4) is 0 Å². The number of nitrogens with one attached hydrogen (secondary N) is 1. The van der Waals surface area contributed by atoms with Crippen molar-refractivity contribution in [2.75, 3.05) is 5.75 Å². The van der Waals surface area contributed by atoms with E-state index in [1.165, 1.54) is 36.7 Å². The number of amidine groups is 1. The molecule has 1 heterocycles. The molecule has 0 bridgehead atoms. The smallest absolute Gasteiger partial charge is 0.236 e. The maximum absolute atomic E-state index is 11.1. The van der Waals surface area contributed by atoms with Gasteiger partial charge in [0, 0.05) is 11.6 Å². The molecule has 2 aliphatic rings. The van der Waals surface area contributed by atoms with Gasteiger partial charge in [0.25, 0.3) is 0 Å². The highest BCUT2D eigenvalue weighted by Gasteiger charge is 2.31. The summed E-state index contributed by atoms with van der Waals surface area (Å²) in [6.07, 6.45) is 4.73. The minimum atomic E-state index is 0.0231. The molecule has 1 amide bonds. The molecule has 0 spiro atoms. The number of nitrogens with zero attached hydrogens (tertiary/aromatic N) is 2. The summed E-state index contributed by atoms with van der Waals surface area (Å²) in [5.41, 5.74) is 1.44. The molecule has 5 heteroatoms. The lowest BCUT2D eigenvalue weighted by Crippen LogP contribution is -2.31. The third kappa shape index (κ3) is 3.34. The van der Waals surface area contributed by atoms with Crippen LogP contribution in [-0.2, 0) is 4.79 Å². The Morgan fingerprint density at radius 1 is 1.28 bits per heavy atom. The predicted molar refractivity (Wildman–Crippen MR) is 76.9 cm³/mol. The monoisotopic (exact) mass is 267 g/mol. The highest BCUT2D eigenvalue weighted by atomic mass is 32.2. The van der Waals surface area contributed by atoms with E-state index in [2.05, 4.69) is 36.3 Å². The standard InChI is InChI=1S/C13H21N3OS/c1-13(2,3)9-6-4-5-7-10(9)15-16-12-14-11(17)8-18-12/h9H,4-8H2,1-3H3,(H,14,16,17)/b15-10+. The fourth-order valence-electron chi connectivity index (χ4n) is 2.54. The van der Waals surface area contributed by atoms with Gasteiger partial charge in [-0.3, -0.25) is 4.79 Å². The lowest BCUT2D eigenvalue weighted by molar-refractivity contribution is -0.116. The Bertz CT molecular complexity index is 396. The van der Waals surface area contributed by atoms with Crippen molar-refractivity contribution in [1.29, 1.82) is 0 Å². The highest BCUT2D eigenvalue weighted by molar-refractivity contribution is 8.15. The zero-order valence-electron chi connectivity index (χ0n) is 11.3. The van der Waals surface area contributed by atoms with E-state index in [1.54, 1.807) is 0 Å². The number of hydrogen-bond donors (Lipinski definition) is 1. The zero-order chi connectivity index (χ0) is 13.2. The fourth-order valence-corrected chi connectivity index (χ4v) is 3.16. The van der Waals surface area contributed by atoms with Gasteiger partial charge in [-0.2, -0.15) is 5.10 Å². The third-order valence-electron chi connectivity index (χ3n) is 3.48. The molecule has 1 N–H and O–H groups in total. The number of carbonyl (C=O) groups is 1.